The minimum Gasteiger partial charge on any atom is -0.425 e. The number of likely N-dealkylation sites (tertiary alicyclic amines) is 1. The molecule has 1 N–H and O–H groups in total. The van der Waals surface area contributed by atoms with Gasteiger partial charge in [0.1, 0.15) is 12.3 Å². The van der Waals surface area contributed by atoms with Crippen LogP contribution in [0.5, 0.6) is 5.75 Å². The average molecular weight is 413 g/mol. The van der Waals surface area contributed by atoms with Crippen LogP contribution in [0.3, 0.4) is 0 Å². The lowest BCUT2D eigenvalue weighted by Gasteiger charge is -2.58. The van der Waals surface area contributed by atoms with Crippen molar-refractivity contribution in [2.24, 2.45) is 17.8 Å². The van der Waals surface area contributed by atoms with Crippen LogP contribution >= 0.6 is 0 Å². The quantitative estimate of drug-likeness (QED) is 0.592. The number of hydrogen-bond acceptors (Lipinski definition) is 4. The number of carbonyl (C=O) groups is 2. The van der Waals surface area contributed by atoms with E-state index in [-0.39, 0.29) is 29.7 Å². The van der Waals surface area contributed by atoms with Gasteiger partial charge in [-0.15, -0.1) is 0 Å². The highest BCUT2D eigenvalue weighted by atomic mass is 16.5. The Bertz CT molecular complexity index is 821. The standard InChI is InChI=1S/C25H36N2O3/c1-16(2)17(3)24(29)26-15-23(28)30-19-9-8-18-13-22-20-7-5-6-10-25(20,21(18)14-19)11-12-27(22)4/h8-9,14,16-17,20,22H,5-7,10-13,15H2,1-4H3,(H,26,29)/t17?,20-,22+,25+/m0/s1. The zero-order valence-electron chi connectivity index (χ0n) is 18.9. The molecule has 0 aromatic heterocycles. The molecule has 1 saturated heterocycles. The highest BCUT2D eigenvalue weighted by molar-refractivity contribution is 5.84. The third-order valence-electron chi connectivity index (χ3n) is 8.14. The van der Waals surface area contributed by atoms with Gasteiger partial charge in [0.25, 0.3) is 0 Å². The van der Waals surface area contributed by atoms with Gasteiger partial charge in [-0.05, 0) is 74.4 Å². The van der Waals surface area contributed by atoms with Gasteiger partial charge in [0, 0.05) is 17.4 Å². The van der Waals surface area contributed by atoms with Crippen LogP contribution in [0.25, 0.3) is 0 Å². The summed E-state index contributed by atoms with van der Waals surface area (Å²) in [7, 11) is 2.28. The van der Waals surface area contributed by atoms with E-state index in [2.05, 4.69) is 29.4 Å². The number of likely N-dealkylation sites (N-methyl/N-ethyl adjacent to an activating group) is 1. The van der Waals surface area contributed by atoms with Gasteiger partial charge in [0.2, 0.25) is 5.91 Å². The predicted octanol–water partition coefficient (Wildman–Crippen LogP) is 3.69. The number of hydrogen-bond donors (Lipinski definition) is 1. The first-order valence-corrected chi connectivity index (χ1v) is 11.6. The molecule has 1 unspecified atom stereocenters. The molecule has 1 aromatic rings. The molecule has 30 heavy (non-hydrogen) atoms. The molecule has 5 nitrogen and oxygen atoms in total. The molecular formula is C25H36N2O3. The molecule has 5 heteroatoms. The maximum atomic E-state index is 12.4. The minimum absolute atomic E-state index is 0.0897. The van der Waals surface area contributed by atoms with Gasteiger partial charge >= 0.3 is 5.97 Å². The zero-order chi connectivity index (χ0) is 21.5. The van der Waals surface area contributed by atoms with E-state index in [1.54, 1.807) is 0 Å². The van der Waals surface area contributed by atoms with Gasteiger partial charge in [-0.3, -0.25) is 4.79 Å². The van der Waals surface area contributed by atoms with E-state index in [4.69, 9.17) is 4.74 Å². The minimum atomic E-state index is -0.408. The van der Waals surface area contributed by atoms with Gasteiger partial charge < -0.3 is 15.0 Å². The van der Waals surface area contributed by atoms with Crippen molar-refractivity contribution in [3.63, 3.8) is 0 Å². The molecule has 1 aromatic carbocycles. The molecule has 164 valence electrons. The molecule has 3 aliphatic rings. The number of esters is 1. The summed E-state index contributed by atoms with van der Waals surface area (Å²) >= 11 is 0. The number of carbonyl (C=O) groups excluding carboxylic acids is 2. The second-order valence-corrected chi connectivity index (χ2v) is 10.1. The molecule has 1 saturated carbocycles. The summed E-state index contributed by atoms with van der Waals surface area (Å²) in [6, 6.07) is 6.85. The lowest BCUT2D eigenvalue weighted by molar-refractivity contribution is -0.136. The smallest absolute Gasteiger partial charge is 0.330 e. The Balaban J connectivity index is 1.49. The number of nitrogens with zero attached hydrogens (tertiary/aromatic N) is 1. The summed E-state index contributed by atoms with van der Waals surface area (Å²) in [6.07, 6.45) is 7.45. The topological polar surface area (TPSA) is 58.6 Å². The highest BCUT2D eigenvalue weighted by Crippen LogP contribution is 2.55. The molecular weight excluding hydrogens is 376 g/mol. The van der Waals surface area contributed by atoms with Gasteiger partial charge in [0.15, 0.2) is 0 Å². The maximum absolute atomic E-state index is 12.4. The second kappa shape index (κ2) is 8.33. The normalized spacial score (nSPS) is 29.0. The molecule has 0 radical (unpaired) electrons. The number of benzene rings is 1. The van der Waals surface area contributed by atoms with Gasteiger partial charge in [-0.25, -0.2) is 4.79 Å². The Hall–Kier alpha value is -1.88. The monoisotopic (exact) mass is 412 g/mol. The van der Waals surface area contributed by atoms with Crippen LogP contribution in [-0.2, 0) is 21.4 Å². The molecule has 0 spiro atoms. The first kappa shape index (κ1) is 21.4. The van der Waals surface area contributed by atoms with Crippen molar-refractivity contribution < 1.29 is 14.3 Å². The second-order valence-electron chi connectivity index (χ2n) is 10.1. The fraction of sp³-hybridized carbons (Fsp3) is 0.680. The highest BCUT2D eigenvalue weighted by Gasteiger charge is 2.53. The van der Waals surface area contributed by atoms with Crippen LogP contribution < -0.4 is 10.1 Å². The Morgan fingerprint density at radius 1 is 1.23 bits per heavy atom. The Kier molecular flexibility index (Phi) is 5.93. The third kappa shape index (κ3) is 3.77. The van der Waals surface area contributed by atoms with Gasteiger partial charge in [0.05, 0.1) is 0 Å². The van der Waals surface area contributed by atoms with E-state index in [0.29, 0.717) is 17.7 Å². The first-order valence-electron chi connectivity index (χ1n) is 11.6. The molecule has 2 aliphatic carbocycles. The largest absolute Gasteiger partial charge is 0.425 e. The van der Waals surface area contributed by atoms with Crippen molar-refractivity contribution >= 4 is 11.9 Å². The third-order valence-corrected chi connectivity index (χ3v) is 8.14. The maximum Gasteiger partial charge on any atom is 0.330 e. The zero-order valence-corrected chi connectivity index (χ0v) is 18.9. The average Bonchev–Trinajstić information content (AvgIpc) is 2.74. The Morgan fingerprint density at radius 2 is 2.03 bits per heavy atom. The number of fused-ring (bicyclic) bond motifs is 1. The van der Waals surface area contributed by atoms with Crippen LogP contribution in [0.15, 0.2) is 18.2 Å². The summed E-state index contributed by atoms with van der Waals surface area (Å²) in [5, 5.41) is 2.71. The van der Waals surface area contributed by atoms with E-state index in [1.165, 1.54) is 43.2 Å². The molecule has 1 heterocycles. The molecule has 1 amide bonds. The van der Waals surface area contributed by atoms with E-state index >= 15 is 0 Å². The van der Waals surface area contributed by atoms with Crippen LogP contribution in [0.4, 0.5) is 0 Å². The van der Waals surface area contributed by atoms with Crippen molar-refractivity contribution in [2.75, 3.05) is 20.1 Å². The van der Waals surface area contributed by atoms with E-state index in [0.717, 1.165) is 13.0 Å². The van der Waals surface area contributed by atoms with E-state index in [1.807, 2.05) is 26.8 Å². The molecule has 4 rings (SSSR count). The van der Waals surface area contributed by atoms with E-state index in [9.17, 15) is 9.59 Å². The lowest BCUT2D eigenvalue weighted by Crippen LogP contribution is -2.59. The van der Waals surface area contributed by atoms with Crippen molar-refractivity contribution in [3.05, 3.63) is 29.3 Å². The number of nitrogens with one attached hydrogen (secondary N) is 1. The number of piperidine rings is 1. The van der Waals surface area contributed by atoms with Crippen LogP contribution in [0, 0.1) is 17.8 Å². The predicted molar refractivity (Wildman–Crippen MR) is 117 cm³/mol. The lowest BCUT2D eigenvalue weighted by atomic mass is 9.52. The number of ether oxygens (including phenoxy) is 1. The first-order chi connectivity index (χ1) is 14.3. The van der Waals surface area contributed by atoms with E-state index < -0.39 is 5.97 Å². The summed E-state index contributed by atoms with van der Waals surface area (Å²) in [6.45, 7) is 6.93. The number of amides is 1. The fourth-order valence-corrected chi connectivity index (χ4v) is 6.03. The Morgan fingerprint density at radius 3 is 2.80 bits per heavy atom. The molecule has 4 atom stereocenters. The van der Waals surface area contributed by atoms with Crippen LogP contribution in [0.2, 0.25) is 0 Å². The van der Waals surface area contributed by atoms with Gasteiger partial charge in [-0.2, -0.15) is 0 Å². The van der Waals surface area contributed by atoms with Crippen molar-refractivity contribution in [3.8, 4) is 5.75 Å². The van der Waals surface area contributed by atoms with Crippen molar-refractivity contribution in [1.29, 1.82) is 0 Å². The summed E-state index contributed by atoms with van der Waals surface area (Å²) in [5.74, 6) is 0.924. The molecule has 2 bridgehead atoms. The van der Waals surface area contributed by atoms with Gasteiger partial charge in [-0.1, -0.05) is 39.7 Å². The number of rotatable bonds is 5. The molecule has 2 fully saturated rings. The van der Waals surface area contributed by atoms with Crippen LogP contribution in [0.1, 0.15) is 64.0 Å². The molecule has 1 aliphatic heterocycles. The van der Waals surface area contributed by atoms with Crippen molar-refractivity contribution in [2.45, 2.75) is 70.8 Å². The summed E-state index contributed by atoms with van der Waals surface area (Å²) < 4.78 is 5.64. The summed E-state index contributed by atoms with van der Waals surface area (Å²) in [5.41, 5.74) is 3.08. The Labute approximate surface area is 180 Å². The SMILES string of the molecule is CC(C)C(C)C(=O)NCC(=O)Oc1ccc2c(c1)[C@@]13CCCC[C@H]1[C@@H](C2)N(C)CC3. The summed E-state index contributed by atoms with van der Waals surface area (Å²) in [4.78, 5) is 27.0. The van der Waals surface area contributed by atoms with Crippen LogP contribution in [-0.4, -0.2) is 43.0 Å². The van der Waals surface area contributed by atoms with Crippen molar-refractivity contribution in [1.82, 2.24) is 10.2 Å². The fourth-order valence-electron chi connectivity index (χ4n) is 6.03.